The van der Waals surface area contributed by atoms with Crippen LogP contribution < -0.4 is 10.6 Å². The van der Waals surface area contributed by atoms with Crippen LogP contribution in [-0.4, -0.2) is 36.7 Å². The monoisotopic (exact) mass is 269 g/mol. The SMILES string of the molecule is O=C(CCOC1CCNCC1)NCc1nccs1. The molecule has 1 saturated heterocycles. The highest BCUT2D eigenvalue weighted by molar-refractivity contribution is 7.09. The van der Waals surface area contributed by atoms with Crippen LogP contribution in [0.5, 0.6) is 0 Å². The summed E-state index contributed by atoms with van der Waals surface area (Å²) in [4.78, 5) is 15.7. The van der Waals surface area contributed by atoms with Crippen LogP contribution in [0, 0.1) is 0 Å². The largest absolute Gasteiger partial charge is 0.378 e. The summed E-state index contributed by atoms with van der Waals surface area (Å²) in [5, 5.41) is 8.96. The van der Waals surface area contributed by atoms with E-state index in [9.17, 15) is 4.79 Å². The molecular formula is C12H19N3O2S. The highest BCUT2D eigenvalue weighted by atomic mass is 32.1. The van der Waals surface area contributed by atoms with Gasteiger partial charge in [-0.2, -0.15) is 0 Å². The van der Waals surface area contributed by atoms with E-state index in [-0.39, 0.29) is 5.91 Å². The maximum absolute atomic E-state index is 11.6. The fourth-order valence-electron chi connectivity index (χ4n) is 1.88. The number of nitrogens with zero attached hydrogens (tertiary/aromatic N) is 1. The lowest BCUT2D eigenvalue weighted by Gasteiger charge is -2.22. The van der Waals surface area contributed by atoms with Crippen LogP contribution in [0.1, 0.15) is 24.3 Å². The van der Waals surface area contributed by atoms with Gasteiger partial charge in [-0.25, -0.2) is 4.98 Å². The number of carbonyl (C=O) groups excluding carboxylic acids is 1. The topological polar surface area (TPSA) is 63.2 Å². The average molecular weight is 269 g/mol. The van der Waals surface area contributed by atoms with E-state index in [1.54, 1.807) is 17.5 Å². The molecule has 0 bridgehead atoms. The first-order valence-corrected chi connectivity index (χ1v) is 7.20. The van der Waals surface area contributed by atoms with Crippen LogP contribution in [0.4, 0.5) is 0 Å². The molecule has 1 aromatic rings. The van der Waals surface area contributed by atoms with Crippen LogP contribution in [0.15, 0.2) is 11.6 Å². The van der Waals surface area contributed by atoms with E-state index in [1.165, 1.54) is 0 Å². The van der Waals surface area contributed by atoms with Crippen molar-refractivity contribution in [2.24, 2.45) is 0 Å². The number of piperidine rings is 1. The fourth-order valence-corrected chi connectivity index (χ4v) is 2.44. The second kappa shape index (κ2) is 7.45. The number of rotatable bonds is 6. The molecule has 0 aliphatic carbocycles. The van der Waals surface area contributed by atoms with Gasteiger partial charge in [0.2, 0.25) is 5.91 Å². The Morgan fingerprint density at radius 3 is 3.11 bits per heavy atom. The number of carbonyl (C=O) groups is 1. The van der Waals surface area contributed by atoms with Crippen LogP contribution in [0.3, 0.4) is 0 Å². The van der Waals surface area contributed by atoms with Crippen LogP contribution in [-0.2, 0) is 16.1 Å². The molecule has 0 radical (unpaired) electrons. The van der Waals surface area contributed by atoms with Crippen molar-refractivity contribution >= 4 is 17.2 Å². The third-order valence-corrected chi connectivity index (χ3v) is 3.67. The molecular weight excluding hydrogens is 250 g/mol. The maximum atomic E-state index is 11.6. The van der Waals surface area contributed by atoms with Gasteiger partial charge in [-0.3, -0.25) is 4.79 Å². The molecule has 1 amide bonds. The number of hydrogen-bond acceptors (Lipinski definition) is 5. The van der Waals surface area contributed by atoms with Crippen molar-refractivity contribution < 1.29 is 9.53 Å². The lowest BCUT2D eigenvalue weighted by atomic mass is 10.1. The Kier molecular flexibility index (Phi) is 5.57. The molecule has 0 saturated carbocycles. The molecule has 100 valence electrons. The third-order valence-electron chi connectivity index (χ3n) is 2.89. The molecule has 0 atom stereocenters. The van der Waals surface area contributed by atoms with Gasteiger partial charge in [-0.05, 0) is 25.9 Å². The van der Waals surface area contributed by atoms with E-state index < -0.39 is 0 Å². The predicted octanol–water partition coefficient (Wildman–Crippen LogP) is 0.918. The van der Waals surface area contributed by atoms with E-state index in [2.05, 4.69) is 15.6 Å². The summed E-state index contributed by atoms with van der Waals surface area (Å²) in [7, 11) is 0. The quantitative estimate of drug-likeness (QED) is 0.806. The fraction of sp³-hybridized carbons (Fsp3) is 0.667. The molecule has 6 heteroatoms. The summed E-state index contributed by atoms with van der Waals surface area (Å²) in [5.74, 6) is 0.0270. The van der Waals surface area contributed by atoms with Gasteiger partial charge in [0.05, 0.1) is 19.3 Å². The number of aromatic nitrogens is 1. The Morgan fingerprint density at radius 2 is 2.39 bits per heavy atom. The van der Waals surface area contributed by atoms with Crippen LogP contribution >= 0.6 is 11.3 Å². The molecule has 0 unspecified atom stereocenters. The normalized spacial score (nSPS) is 16.7. The molecule has 2 heterocycles. The molecule has 2 rings (SSSR count). The van der Waals surface area contributed by atoms with Gasteiger partial charge in [0.25, 0.3) is 0 Å². The van der Waals surface area contributed by atoms with Gasteiger partial charge >= 0.3 is 0 Å². The zero-order chi connectivity index (χ0) is 12.6. The first-order chi connectivity index (χ1) is 8.84. The zero-order valence-electron chi connectivity index (χ0n) is 10.4. The molecule has 0 aromatic carbocycles. The first-order valence-electron chi connectivity index (χ1n) is 6.32. The van der Waals surface area contributed by atoms with Crippen molar-refractivity contribution in [2.45, 2.75) is 31.9 Å². The van der Waals surface area contributed by atoms with Crippen LogP contribution in [0.2, 0.25) is 0 Å². The second-order valence-corrected chi connectivity index (χ2v) is 5.25. The summed E-state index contributed by atoms with van der Waals surface area (Å²) < 4.78 is 5.68. The molecule has 1 fully saturated rings. The van der Waals surface area contributed by atoms with E-state index in [4.69, 9.17) is 4.74 Å². The predicted molar refractivity (Wildman–Crippen MR) is 70.4 cm³/mol. The van der Waals surface area contributed by atoms with Crippen molar-refractivity contribution in [2.75, 3.05) is 19.7 Å². The minimum atomic E-state index is 0.0270. The maximum Gasteiger partial charge on any atom is 0.222 e. The highest BCUT2D eigenvalue weighted by Crippen LogP contribution is 2.07. The summed E-state index contributed by atoms with van der Waals surface area (Å²) in [6.07, 6.45) is 4.57. The van der Waals surface area contributed by atoms with E-state index in [1.807, 2.05) is 5.38 Å². The minimum Gasteiger partial charge on any atom is -0.378 e. The van der Waals surface area contributed by atoms with Crippen molar-refractivity contribution in [3.8, 4) is 0 Å². The van der Waals surface area contributed by atoms with Gasteiger partial charge in [0.15, 0.2) is 0 Å². The van der Waals surface area contributed by atoms with E-state index in [0.29, 0.717) is 25.7 Å². The molecule has 2 N–H and O–H groups in total. The Bertz CT molecular complexity index is 350. The Hall–Kier alpha value is -0.980. The van der Waals surface area contributed by atoms with E-state index in [0.717, 1.165) is 30.9 Å². The first kappa shape index (κ1) is 13.5. The van der Waals surface area contributed by atoms with Gasteiger partial charge in [-0.1, -0.05) is 0 Å². The van der Waals surface area contributed by atoms with Gasteiger partial charge in [0.1, 0.15) is 5.01 Å². The van der Waals surface area contributed by atoms with Gasteiger partial charge in [0, 0.05) is 18.0 Å². The highest BCUT2D eigenvalue weighted by Gasteiger charge is 2.13. The molecule has 1 aromatic heterocycles. The second-order valence-electron chi connectivity index (χ2n) is 4.27. The summed E-state index contributed by atoms with van der Waals surface area (Å²) in [6, 6.07) is 0. The van der Waals surface area contributed by atoms with Crippen molar-refractivity contribution in [3.63, 3.8) is 0 Å². The third kappa shape index (κ3) is 4.72. The lowest BCUT2D eigenvalue weighted by molar-refractivity contribution is -0.122. The summed E-state index contributed by atoms with van der Waals surface area (Å²) >= 11 is 1.55. The number of nitrogens with one attached hydrogen (secondary N) is 2. The molecule has 1 aliphatic rings. The van der Waals surface area contributed by atoms with Gasteiger partial charge < -0.3 is 15.4 Å². The molecule has 0 spiro atoms. The van der Waals surface area contributed by atoms with Crippen LogP contribution in [0.25, 0.3) is 0 Å². The lowest BCUT2D eigenvalue weighted by Crippen LogP contribution is -2.33. The van der Waals surface area contributed by atoms with Gasteiger partial charge in [-0.15, -0.1) is 11.3 Å². The molecule has 1 aliphatic heterocycles. The Labute approximate surface area is 111 Å². The number of amides is 1. The Morgan fingerprint density at radius 1 is 1.56 bits per heavy atom. The van der Waals surface area contributed by atoms with Crippen molar-refractivity contribution in [3.05, 3.63) is 16.6 Å². The molecule has 18 heavy (non-hydrogen) atoms. The number of ether oxygens (including phenoxy) is 1. The minimum absolute atomic E-state index is 0.0270. The molecule has 5 nitrogen and oxygen atoms in total. The summed E-state index contributed by atoms with van der Waals surface area (Å²) in [5.41, 5.74) is 0. The summed E-state index contributed by atoms with van der Waals surface area (Å²) in [6.45, 7) is 3.06. The number of thiazole rings is 1. The van der Waals surface area contributed by atoms with Crippen molar-refractivity contribution in [1.82, 2.24) is 15.6 Å². The smallest absolute Gasteiger partial charge is 0.222 e. The average Bonchev–Trinajstić information content (AvgIpc) is 2.91. The zero-order valence-corrected chi connectivity index (χ0v) is 11.2. The number of hydrogen-bond donors (Lipinski definition) is 2. The van der Waals surface area contributed by atoms with E-state index >= 15 is 0 Å². The Balaban J connectivity index is 1.54. The van der Waals surface area contributed by atoms with Crippen molar-refractivity contribution in [1.29, 1.82) is 0 Å². The standard InChI is InChI=1S/C12H19N3O2S/c16-11(15-9-12-14-6-8-18-12)3-7-17-10-1-4-13-5-2-10/h6,8,10,13H,1-5,7,9H2,(H,15,16).